The number of H-pyrrole nitrogens is 1. The number of hydrogen-bond donors (Lipinski definition) is 5. The summed E-state index contributed by atoms with van der Waals surface area (Å²) in [5, 5.41) is 20.4. The van der Waals surface area contributed by atoms with Gasteiger partial charge in [-0.15, -0.1) is 0 Å². The summed E-state index contributed by atoms with van der Waals surface area (Å²) in [6.45, 7) is 7.14. The van der Waals surface area contributed by atoms with Crippen molar-refractivity contribution in [2.45, 2.75) is 45.9 Å². The summed E-state index contributed by atoms with van der Waals surface area (Å²) in [6.07, 6.45) is 0.785. The lowest BCUT2D eigenvalue weighted by atomic mass is 10.2. The van der Waals surface area contributed by atoms with Gasteiger partial charge in [0.1, 0.15) is 35.0 Å². The SMILES string of the molecule is C[C@H](NC(=O)OC(C)(C)C)C(=O)NCc1cccc(Nc2[nH]nc3ncnc(Nc4cccc(Cl)c4)c23)c1. The highest BCUT2D eigenvalue weighted by atomic mass is 35.5. The first-order chi connectivity index (χ1) is 18.1. The van der Waals surface area contributed by atoms with Crippen molar-refractivity contribution in [2.75, 3.05) is 10.6 Å². The minimum atomic E-state index is -0.757. The van der Waals surface area contributed by atoms with E-state index in [4.69, 9.17) is 16.3 Å². The largest absolute Gasteiger partial charge is 0.444 e. The Morgan fingerprint density at radius 2 is 1.79 bits per heavy atom. The monoisotopic (exact) mass is 536 g/mol. The number of alkyl carbamates (subject to hydrolysis) is 1. The van der Waals surface area contributed by atoms with Crippen molar-refractivity contribution in [3.8, 4) is 0 Å². The summed E-state index contributed by atoms with van der Waals surface area (Å²) >= 11 is 6.12. The van der Waals surface area contributed by atoms with Crippen LogP contribution in [0.2, 0.25) is 5.02 Å². The maximum absolute atomic E-state index is 12.5. The Kier molecular flexibility index (Phi) is 7.96. The van der Waals surface area contributed by atoms with Crippen LogP contribution in [0.1, 0.15) is 33.3 Å². The fourth-order valence-electron chi connectivity index (χ4n) is 3.54. The number of nitrogens with zero attached hydrogens (tertiary/aromatic N) is 3. The highest BCUT2D eigenvalue weighted by Gasteiger charge is 2.21. The zero-order valence-electron chi connectivity index (χ0n) is 21.4. The number of carbonyl (C=O) groups is 2. The Hall–Kier alpha value is -4.38. The third-order valence-corrected chi connectivity index (χ3v) is 5.46. The van der Waals surface area contributed by atoms with Crippen molar-refractivity contribution in [3.63, 3.8) is 0 Å². The Morgan fingerprint density at radius 1 is 1.05 bits per heavy atom. The van der Waals surface area contributed by atoms with Crippen LogP contribution in [0.4, 0.5) is 27.8 Å². The van der Waals surface area contributed by atoms with Gasteiger partial charge in [0.15, 0.2) is 5.65 Å². The molecule has 0 aliphatic carbocycles. The van der Waals surface area contributed by atoms with E-state index >= 15 is 0 Å². The molecular formula is C26H29ClN8O3. The lowest BCUT2D eigenvalue weighted by Gasteiger charge is -2.21. The number of fused-ring (bicyclic) bond motifs is 1. The molecule has 4 rings (SSSR count). The second-order valence-corrected chi connectivity index (χ2v) is 10.0. The van der Waals surface area contributed by atoms with Gasteiger partial charge in [0.25, 0.3) is 0 Å². The Balaban J connectivity index is 1.42. The van der Waals surface area contributed by atoms with Gasteiger partial charge < -0.3 is 26.0 Å². The standard InChI is InChI=1S/C26H29ClN8O3/c1-15(31-25(37)38-26(2,3)4)24(36)28-13-16-7-5-9-18(11-16)33-23-20-21(29-14-30-22(20)34-35-23)32-19-10-6-8-17(27)12-19/h5-12,14-15H,13H2,1-4H3,(H,28,36)(H,31,37)(H3,29,30,32,33,34,35)/t15-/m0/s1. The van der Waals surface area contributed by atoms with Crippen molar-refractivity contribution < 1.29 is 14.3 Å². The van der Waals surface area contributed by atoms with Crippen LogP contribution >= 0.6 is 11.6 Å². The summed E-state index contributed by atoms with van der Waals surface area (Å²) < 4.78 is 5.20. The molecule has 4 aromatic rings. The predicted octanol–water partition coefficient (Wildman–Crippen LogP) is 5.02. The van der Waals surface area contributed by atoms with Gasteiger partial charge >= 0.3 is 6.09 Å². The van der Waals surface area contributed by atoms with Gasteiger partial charge in [0.2, 0.25) is 5.91 Å². The van der Waals surface area contributed by atoms with Crippen LogP contribution in [0.15, 0.2) is 54.9 Å². The Morgan fingerprint density at radius 3 is 2.53 bits per heavy atom. The summed E-state index contributed by atoms with van der Waals surface area (Å²) in [4.78, 5) is 33.0. The number of ether oxygens (including phenoxy) is 1. The van der Waals surface area contributed by atoms with Crippen LogP contribution in [0.25, 0.3) is 11.0 Å². The smallest absolute Gasteiger partial charge is 0.408 e. The highest BCUT2D eigenvalue weighted by Crippen LogP contribution is 2.30. The molecule has 2 amide bonds. The number of benzene rings is 2. The van der Waals surface area contributed by atoms with Crippen LogP contribution in [-0.2, 0) is 16.1 Å². The Labute approximate surface area is 224 Å². The fraction of sp³-hybridized carbons (Fsp3) is 0.269. The van der Waals surface area contributed by atoms with E-state index in [0.717, 1.165) is 16.9 Å². The maximum atomic E-state index is 12.5. The number of aromatic nitrogens is 4. The maximum Gasteiger partial charge on any atom is 0.408 e. The van der Waals surface area contributed by atoms with Crippen LogP contribution in [0, 0.1) is 0 Å². The van der Waals surface area contributed by atoms with Crippen molar-refractivity contribution in [2.24, 2.45) is 0 Å². The number of anilines is 4. The summed E-state index contributed by atoms with van der Waals surface area (Å²) in [5.74, 6) is 0.826. The number of carbonyl (C=O) groups excluding carboxylic acids is 2. The fourth-order valence-corrected chi connectivity index (χ4v) is 3.73. The minimum Gasteiger partial charge on any atom is -0.444 e. The molecule has 11 nitrogen and oxygen atoms in total. The van der Waals surface area contributed by atoms with E-state index in [0.29, 0.717) is 27.7 Å². The van der Waals surface area contributed by atoms with E-state index in [1.165, 1.54) is 6.33 Å². The van der Waals surface area contributed by atoms with Crippen molar-refractivity contribution >= 4 is 57.6 Å². The van der Waals surface area contributed by atoms with Crippen LogP contribution in [-0.4, -0.2) is 43.8 Å². The van der Waals surface area contributed by atoms with E-state index in [-0.39, 0.29) is 12.5 Å². The molecular weight excluding hydrogens is 508 g/mol. The zero-order valence-corrected chi connectivity index (χ0v) is 22.2. The predicted molar refractivity (Wildman–Crippen MR) is 147 cm³/mol. The molecule has 0 saturated carbocycles. The van der Waals surface area contributed by atoms with Crippen LogP contribution in [0.5, 0.6) is 0 Å². The number of nitrogens with one attached hydrogen (secondary N) is 5. The molecule has 0 spiro atoms. The van der Waals surface area contributed by atoms with Gasteiger partial charge in [-0.3, -0.25) is 9.89 Å². The van der Waals surface area contributed by atoms with E-state index in [1.54, 1.807) is 39.8 Å². The van der Waals surface area contributed by atoms with Crippen molar-refractivity contribution in [1.82, 2.24) is 30.8 Å². The number of hydrogen-bond acceptors (Lipinski definition) is 8. The molecule has 198 valence electrons. The molecule has 12 heteroatoms. The van der Waals surface area contributed by atoms with Gasteiger partial charge in [0.05, 0.1) is 0 Å². The van der Waals surface area contributed by atoms with Gasteiger partial charge in [0, 0.05) is 22.9 Å². The highest BCUT2D eigenvalue weighted by molar-refractivity contribution is 6.30. The number of halogens is 1. The molecule has 0 unspecified atom stereocenters. The zero-order chi connectivity index (χ0) is 27.3. The molecule has 5 N–H and O–H groups in total. The first-order valence-corrected chi connectivity index (χ1v) is 12.3. The molecule has 2 aromatic heterocycles. The molecule has 2 aromatic carbocycles. The third kappa shape index (κ3) is 7.10. The first-order valence-electron chi connectivity index (χ1n) is 11.9. The van der Waals surface area contributed by atoms with E-state index in [1.807, 2.05) is 36.4 Å². The van der Waals surface area contributed by atoms with E-state index < -0.39 is 17.7 Å². The molecule has 1 atom stereocenters. The molecule has 0 radical (unpaired) electrons. The quantitative estimate of drug-likeness (QED) is 0.211. The van der Waals surface area contributed by atoms with Crippen LogP contribution in [0.3, 0.4) is 0 Å². The number of aromatic amines is 1. The van der Waals surface area contributed by atoms with Gasteiger partial charge in [-0.2, -0.15) is 5.10 Å². The normalized spacial score (nSPS) is 12.0. The summed E-state index contributed by atoms with van der Waals surface area (Å²) in [5.41, 5.74) is 2.23. The summed E-state index contributed by atoms with van der Waals surface area (Å²) in [7, 11) is 0. The molecule has 0 bridgehead atoms. The molecule has 0 saturated heterocycles. The summed E-state index contributed by atoms with van der Waals surface area (Å²) in [6, 6.07) is 14.1. The van der Waals surface area contributed by atoms with Crippen molar-refractivity contribution in [3.05, 3.63) is 65.4 Å². The lowest BCUT2D eigenvalue weighted by molar-refractivity contribution is -0.122. The van der Waals surface area contributed by atoms with Gasteiger partial charge in [-0.25, -0.2) is 14.8 Å². The van der Waals surface area contributed by atoms with Gasteiger partial charge in [-0.05, 0) is 63.6 Å². The molecule has 2 heterocycles. The minimum absolute atomic E-state index is 0.267. The van der Waals surface area contributed by atoms with Crippen LogP contribution < -0.4 is 21.3 Å². The molecule has 0 fully saturated rings. The average molecular weight is 537 g/mol. The second kappa shape index (κ2) is 11.3. The third-order valence-electron chi connectivity index (χ3n) is 5.23. The second-order valence-electron chi connectivity index (χ2n) is 9.57. The van der Waals surface area contributed by atoms with Crippen molar-refractivity contribution in [1.29, 1.82) is 0 Å². The van der Waals surface area contributed by atoms with E-state index in [9.17, 15) is 9.59 Å². The average Bonchev–Trinajstić information content (AvgIpc) is 3.25. The Bertz CT molecular complexity index is 1450. The van der Waals surface area contributed by atoms with Gasteiger partial charge in [-0.1, -0.05) is 29.8 Å². The first kappa shape index (κ1) is 26.7. The lowest BCUT2D eigenvalue weighted by Crippen LogP contribution is -2.46. The molecule has 38 heavy (non-hydrogen) atoms. The topological polar surface area (TPSA) is 146 Å². The molecule has 0 aliphatic heterocycles. The van der Waals surface area contributed by atoms with E-state index in [2.05, 4.69) is 41.4 Å². The number of amides is 2. The number of rotatable bonds is 8. The molecule has 0 aliphatic rings.